The van der Waals surface area contributed by atoms with Gasteiger partial charge in [-0.1, -0.05) is 11.6 Å². The zero-order chi connectivity index (χ0) is 20.1. The Morgan fingerprint density at radius 1 is 1.25 bits per heavy atom. The van der Waals surface area contributed by atoms with Gasteiger partial charge in [0, 0.05) is 23.0 Å². The van der Waals surface area contributed by atoms with Crippen LogP contribution in [0.3, 0.4) is 0 Å². The molecule has 3 aliphatic heterocycles. The average molecular weight is 433 g/mol. The predicted molar refractivity (Wildman–Crippen MR) is 101 cm³/mol. The number of likely N-dealkylation sites (tertiary alicyclic amines) is 1. The van der Waals surface area contributed by atoms with Crippen LogP contribution >= 0.6 is 23.4 Å². The van der Waals surface area contributed by atoms with Gasteiger partial charge in [-0.05, 0) is 49.2 Å². The molecule has 0 N–H and O–H groups in total. The van der Waals surface area contributed by atoms with E-state index in [1.54, 1.807) is 28.0 Å². The number of guanidine groups is 1. The van der Waals surface area contributed by atoms with Crippen LogP contribution in [0.5, 0.6) is 0 Å². The number of carbonyl (C=O) groups excluding carboxylic acids is 1. The number of hydrogen-bond acceptors (Lipinski definition) is 7. The Bertz CT molecular complexity index is 886. The van der Waals surface area contributed by atoms with Crippen LogP contribution in [-0.4, -0.2) is 54.0 Å². The summed E-state index contributed by atoms with van der Waals surface area (Å²) in [6.45, 7) is 1.09. The SMILES string of the molecule is COC(=O)[C@@]1(C(F)(F)F)N=C2Sc3cc(Cl)ccc3N2C(N2CCCCC2)=N1. The van der Waals surface area contributed by atoms with Gasteiger partial charge in [0.05, 0.1) is 12.8 Å². The summed E-state index contributed by atoms with van der Waals surface area (Å²) in [6, 6.07) is 5.03. The maximum atomic E-state index is 14.0. The van der Waals surface area contributed by atoms with Gasteiger partial charge < -0.3 is 9.64 Å². The van der Waals surface area contributed by atoms with E-state index in [0.717, 1.165) is 38.1 Å². The van der Waals surface area contributed by atoms with E-state index in [4.69, 9.17) is 11.6 Å². The second-order valence-electron chi connectivity index (χ2n) is 6.56. The van der Waals surface area contributed by atoms with E-state index < -0.39 is 17.8 Å². The molecule has 0 aliphatic carbocycles. The molecule has 28 heavy (non-hydrogen) atoms. The summed E-state index contributed by atoms with van der Waals surface area (Å²) < 4.78 is 46.6. The molecule has 4 rings (SSSR count). The number of ether oxygens (including phenoxy) is 1. The van der Waals surface area contributed by atoms with Gasteiger partial charge in [-0.3, -0.25) is 4.90 Å². The minimum absolute atomic E-state index is 0.0237. The van der Waals surface area contributed by atoms with Gasteiger partial charge in [-0.25, -0.2) is 14.8 Å². The Labute approximate surface area is 168 Å². The van der Waals surface area contributed by atoms with Crippen LogP contribution in [0.15, 0.2) is 33.1 Å². The fraction of sp³-hybridized carbons (Fsp3) is 0.471. The van der Waals surface area contributed by atoms with Gasteiger partial charge in [0.1, 0.15) is 0 Å². The number of rotatable bonds is 1. The molecule has 0 amide bonds. The summed E-state index contributed by atoms with van der Waals surface area (Å²) in [5.74, 6) is -1.50. The van der Waals surface area contributed by atoms with Crippen molar-refractivity contribution in [1.29, 1.82) is 0 Å². The highest BCUT2D eigenvalue weighted by Gasteiger charge is 2.66. The first-order valence-corrected chi connectivity index (χ1v) is 9.83. The Hall–Kier alpha value is -1.94. The molecule has 3 heterocycles. The largest absolute Gasteiger partial charge is 0.465 e. The third kappa shape index (κ3) is 2.93. The Morgan fingerprint density at radius 2 is 1.96 bits per heavy atom. The maximum Gasteiger partial charge on any atom is 0.446 e. The molecule has 0 spiro atoms. The lowest BCUT2D eigenvalue weighted by atomic mass is 10.1. The van der Waals surface area contributed by atoms with Gasteiger partial charge in [-0.15, -0.1) is 0 Å². The summed E-state index contributed by atoms with van der Waals surface area (Å²) in [7, 11) is 0.898. The van der Waals surface area contributed by atoms with Crippen LogP contribution in [0, 0.1) is 0 Å². The normalized spacial score (nSPS) is 24.3. The van der Waals surface area contributed by atoms with E-state index in [1.165, 1.54) is 0 Å². The van der Waals surface area contributed by atoms with Crippen LogP contribution in [0.4, 0.5) is 18.9 Å². The van der Waals surface area contributed by atoms with Crippen molar-refractivity contribution in [2.75, 3.05) is 25.1 Å². The highest BCUT2D eigenvalue weighted by Crippen LogP contribution is 2.48. The summed E-state index contributed by atoms with van der Waals surface area (Å²) >= 11 is 7.07. The third-order valence-electron chi connectivity index (χ3n) is 4.78. The van der Waals surface area contributed by atoms with Crippen LogP contribution in [0.2, 0.25) is 5.02 Å². The highest BCUT2D eigenvalue weighted by molar-refractivity contribution is 8.15. The number of amidine groups is 1. The fourth-order valence-electron chi connectivity index (χ4n) is 3.41. The zero-order valence-electron chi connectivity index (χ0n) is 14.8. The monoisotopic (exact) mass is 432 g/mol. The van der Waals surface area contributed by atoms with Gasteiger partial charge >= 0.3 is 17.8 Å². The van der Waals surface area contributed by atoms with E-state index in [-0.39, 0.29) is 11.1 Å². The van der Waals surface area contributed by atoms with E-state index >= 15 is 0 Å². The van der Waals surface area contributed by atoms with E-state index in [9.17, 15) is 18.0 Å². The van der Waals surface area contributed by atoms with Crippen LogP contribution in [-0.2, 0) is 9.53 Å². The average Bonchev–Trinajstić information content (AvgIpc) is 3.03. The lowest BCUT2D eigenvalue weighted by Crippen LogP contribution is -2.59. The number of thioether (sulfide) groups is 1. The molecule has 0 radical (unpaired) electrons. The lowest BCUT2D eigenvalue weighted by molar-refractivity contribution is -0.201. The van der Waals surface area contributed by atoms with Crippen molar-refractivity contribution < 1.29 is 22.7 Å². The number of fused-ring (bicyclic) bond motifs is 3. The van der Waals surface area contributed by atoms with E-state index in [0.29, 0.717) is 28.7 Å². The van der Waals surface area contributed by atoms with Crippen molar-refractivity contribution >= 4 is 46.1 Å². The molecule has 1 saturated heterocycles. The number of carbonyl (C=O) groups is 1. The molecule has 6 nitrogen and oxygen atoms in total. The first-order valence-electron chi connectivity index (χ1n) is 8.64. The number of esters is 1. The van der Waals surface area contributed by atoms with Crippen molar-refractivity contribution in [3.05, 3.63) is 23.2 Å². The summed E-state index contributed by atoms with van der Waals surface area (Å²) in [6.07, 6.45) is -2.39. The van der Waals surface area contributed by atoms with Crippen molar-refractivity contribution in [2.45, 2.75) is 36.0 Å². The maximum absolute atomic E-state index is 14.0. The molecule has 0 saturated carbocycles. The van der Waals surface area contributed by atoms with Gasteiger partial charge in [0.2, 0.25) is 5.96 Å². The molecule has 1 fully saturated rings. The van der Waals surface area contributed by atoms with Crippen LogP contribution in [0.1, 0.15) is 19.3 Å². The number of benzene rings is 1. The van der Waals surface area contributed by atoms with Crippen molar-refractivity contribution in [1.82, 2.24) is 4.90 Å². The molecular formula is C17H16ClF3N4O2S. The molecule has 0 aromatic heterocycles. The fourth-order valence-corrected chi connectivity index (χ4v) is 4.74. The number of anilines is 1. The number of nitrogens with zero attached hydrogens (tertiary/aromatic N) is 4. The molecule has 0 bridgehead atoms. The minimum atomic E-state index is -5.05. The van der Waals surface area contributed by atoms with Gasteiger partial charge in [0.15, 0.2) is 5.17 Å². The summed E-state index contributed by atoms with van der Waals surface area (Å²) in [5.41, 5.74) is -2.68. The van der Waals surface area contributed by atoms with Gasteiger partial charge in [-0.2, -0.15) is 13.2 Å². The number of hydrogen-bond donors (Lipinski definition) is 0. The zero-order valence-corrected chi connectivity index (χ0v) is 16.4. The molecule has 0 unspecified atom stereocenters. The number of piperidine rings is 1. The third-order valence-corrected chi connectivity index (χ3v) is 6.02. The minimum Gasteiger partial charge on any atom is -0.465 e. The molecule has 3 aliphatic rings. The summed E-state index contributed by atoms with van der Waals surface area (Å²) in [5, 5.41) is 0.480. The molecule has 150 valence electrons. The van der Waals surface area contributed by atoms with Crippen LogP contribution in [0.25, 0.3) is 0 Å². The highest BCUT2D eigenvalue weighted by atomic mass is 35.5. The Morgan fingerprint density at radius 3 is 2.61 bits per heavy atom. The Kier molecular flexibility index (Phi) is 4.73. The van der Waals surface area contributed by atoms with Crippen LogP contribution < -0.4 is 4.90 Å². The lowest BCUT2D eigenvalue weighted by Gasteiger charge is -2.39. The number of methoxy groups -OCH3 is 1. The number of aliphatic imine (C=N–C) groups is 2. The quantitative estimate of drug-likeness (QED) is 0.630. The number of halogens is 4. The van der Waals surface area contributed by atoms with Crippen molar-refractivity contribution in [3.8, 4) is 0 Å². The molecular weight excluding hydrogens is 417 g/mol. The molecule has 1 aromatic carbocycles. The van der Waals surface area contributed by atoms with Crippen molar-refractivity contribution in [2.24, 2.45) is 9.98 Å². The second-order valence-corrected chi connectivity index (χ2v) is 8.01. The van der Waals surface area contributed by atoms with Gasteiger partial charge in [0.25, 0.3) is 0 Å². The summed E-state index contributed by atoms with van der Waals surface area (Å²) in [4.78, 5) is 23.9. The van der Waals surface area contributed by atoms with E-state index in [2.05, 4.69) is 14.7 Å². The first-order chi connectivity index (χ1) is 13.3. The standard InChI is InChI=1S/C17H16ClF3N4O2S/c1-27-13(26)16(17(19,20)21)22-14(24-7-3-2-4-8-24)25-11-6-5-10(18)9-12(11)28-15(25)23-16/h5-6,9H,2-4,7-8H2,1H3/t16-/m0/s1. The first kappa shape index (κ1) is 19.4. The molecule has 1 atom stereocenters. The van der Waals surface area contributed by atoms with Crippen molar-refractivity contribution in [3.63, 3.8) is 0 Å². The number of alkyl halides is 3. The smallest absolute Gasteiger partial charge is 0.446 e. The second kappa shape index (κ2) is 6.84. The molecule has 1 aromatic rings. The predicted octanol–water partition coefficient (Wildman–Crippen LogP) is 3.90. The topological polar surface area (TPSA) is 57.5 Å². The van der Waals surface area contributed by atoms with E-state index in [1.807, 2.05) is 0 Å². The Balaban J connectivity index is 1.91. The molecule has 11 heteroatoms.